The van der Waals surface area contributed by atoms with Crippen molar-refractivity contribution in [2.24, 2.45) is 0 Å². The minimum atomic E-state index is -1.40. The van der Waals surface area contributed by atoms with Crippen LogP contribution >= 0.6 is 0 Å². The molecule has 0 aliphatic carbocycles. The molecule has 186 valence electrons. The number of nitrogens with one attached hydrogen (secondary N) is 1. The fraction of sp³-hybridized carbons (Fsp3) is 0.407. The summed E-state index contributed by atoms with van der Waals surface area (Å²) in [4.78, 5) is 19.2. The minimum absolute atomic E-state index is 0.101. The van der Waals surface area contributed by atoms with E-state index in [4.69, 9.17) is 4.42 Å². The summed E-state index contributed by atoms with van der Waals surface area (Å²) in [6, 6.07) is 14.4. The van der Waals surface area contributed by atoms with Crippen LogP contribution in [-0.4, -0.2) is 45.4 Å². The SMILES string of the molecule is Cc1oc(-c2ccc(CN3CCCCC3)cc2)nc1CS(=O)CC(=O)NCCc1ccc(F)cc1. The van der Waals surface area contributed by atoms with Crippen LogP contribution in [0.1, 0.15) is 41.8 Å². The van der Waals surface area contributed by atoms with Gasteiger partial charge in [0.15, 0.2) is 0 Å². The van der Waals surface area contributed by atoms with Gasteiger partial charge in [-0.15, -0.1) is 0 Å². The van der Waals surface area contributed by atoms with Crippen LogP contribution in [0.25, 0.3) is 11.5 Å². The van der Waals surface area contributed by atoms with Gasteiger partial charge < -0.3 is 9.73 Å². The number of aromatic nitrogens is 1. The maximum atomic E-state index is 13.0. The van der Waals surface area contributed by atoms with Crippen molar-refractivity contribution < 1.29 is 17.8 Å². The third kappa shape index (κ3) is 7.57. The van der Waals surface area contributed by atoms with Gasteiger partial charge >= 0.3 is 0 Å². The molecule has 0 bridgehead atoms. The Kier molecular flexibility index (Phi) is 8.82. The normalized spacial score (nSPS) is 15.1. The van der Waals surface area contributed by atoms with Gasteiger partial charge in [0, 0.05) is 29.5 Å². The number of rotatable bonds is 10. The first-order chi connectivity index (χ1) is 17.0. The molecular formula is C27H32FN3O3S. The van der Waals surface area contributed by atoms with E-state index in [2.05, 4.69) is 27.3 Å². The van der Waals surface area contributed by atoms with Crippen molar-refractivity contribution in [1.29, 1.82) is 0 Å². The zero-order valence-corrected chi connectivity index (χ0v) is 20.9. The summed E-state index contributed by atoms with van der Waals surface area (Å²) in [5.41, 5.74) is 3.68. The summed E-state index contributed by atoms with van der Waals surface area (Å²) >= 11 is 0. The average Bonchev–Trinajstić information content (AvgIpc) is 3.21. The van der Waals surface area contributed by atoms with Gasteiger partial charge in [0.1, 0.15) is 17.3 Å². The fourth-order valence-corrected chi connectivity index (χ4v) is 5.28. The highest BCUT2D eigenvalue weighted by Crippen LogP contribution is 2.24. The highest BCUT2D eigenvalue weighted by Gasteiger charge is 2.16. The number of carbonyl (C=O) groups is 1. The van der Waals surface area contributed by atoms with Crippen LogP contribution in [0.2, 0.25) is 0 Å². The first-order valence-electron chi connectivity index (χ1n) is 12.1. The first kappa shape index (κ1) is 25.3. The maximum Gasteiger partial charge on any atom is 0.232 e. The van der Waals surface area contributed by atoms with Gasteiger partial charge in [-0.05, 0) is 74.7 Å². The molecule has 8 heteroatoms. The molecule has 1 saturated heterocycles. The van der Waals surface area contributed by atoms with Gasteiger partial charge in [-0.25, -0.2) is 9.37 Å². The number of amides is 1. The molecule has 2 heterocycles. The lowest BCUT2D eigenvalue weighted by Gasteiger charge is -2.26. The molecule has 6 nitrogen and oxygen atoms in total. The van der Waals surface area contributed by atoms with Crippen molar-refractivity contribution in [3.8, 4) is 11.5 Å². The molecule has 1 amide bonds. The molecule has 0 spiro atoms. The Morgan fingerprint density at radius 1 is 1.06 bits per heavy atom. The molecule has 1 unspecified atom stereocenters. The third-order valence-corrected chi connectivity index (χ3v) is 7.37. The summed E-state index contributed by atoms with van der Waals surface area (Å²) in [5, 5.41) is 2.77. The van der Waals surface area contributed by atoms with Gasteiger partial charge in [-0.1, -0.05) is 30.7 Å². The van der Waals surface area contributed by atoms with Gasteiger partial charge in [-0.2, -0.15) is 0 Å². The number of hydrogen-bond acceptors (Lipinski definition) is 5. The van der Waals surface area contributed by atoms with Crippen LogP contribution in [0, 0.1) is 12.7 Å². The standard InChI is InChI=1S/C27H32FN3O3S/c1-20-25(18-35(33)19-26(32)29-14-13-21-7-11-24(28)12-8-21)30-27(34-20)23-9-5-22(6-10-23)17-31-15-3-2-4-16-31/h5-12H,2-4,13-19H2,1H3,(H,29,32). The molecule has 1 aromatic heterocycles. The predicted molar refractivity (Wildman–Crippen MR) is 136 cm³/mol. The van der Waals surface area contributed by atoms with E-state index < -0.39 is 10.8 Å². The van der Waals surface area contributed by atoms with Crippen molar-refractivity contribution in [3.63, 3.8) is 0 Å². The predicted octanol–water partition coefficient (Wildman–Crippen LogP) is 4.38. The number of halogens is 1. The van der Waals surface area contributed by atoms with Crippen LogP contribution in [0.4, 0.5) is 4.39 Å². The average molecular weight is 498 g/mol. The van der Waals surface area contributed by atoms with Crippen molar-refractivity contribution in [1.82, 2.24) is 15.2 Å². The van der Waals surface area contributed by atoms with E-state index >= 15 is 0 Å². The number of nitrogens with zero attached hydrogens (tertiary/aromatic N) is 2. The van der Waals surface area contributed by atoms with Gasteiger partial charge in [0.25, 0.3) is 0 Å². The maximum absolute atomic E-state index is 13.0. The smallest absolute Gasteiger partial charge is 0.232 e. The summed E-state index contributed by atoms with van der Waals surface area (Å²) in [7, 11) is -1.40. The third-order valence-electron chi connectivity index (χ3n) is 6.19. The zero-order chi connectivity index (χ0) is 24.6. The molecule has 0 saturated carbocycles. The summed E-state index contributed by atoms with van der Waals surface area (Å²) in [5.74, 6) is 0.606. The number of piperidine rings is 1. The number of aryl methyl sites for hydroxylation is 1. The van der Waals surface area contributed by atoms with Crippen LogP contribution in [0.3, 0.4) is 0 Å². The monoisotopic (exact) mass is 497 g/mol. The summed E-state index contributed by atoms with van der Waals surface area (Å²) in [6.45, 7) is 5.49. The molecule has 1 atom stereocenters. The van der Waals surface area contributed by atoms with E-state index in [1.165, 1.54) is 37.0 Å². The van der Waals surface area contributed by atoms with E-state index in [1.807, 2.05) is 12.1 Å². The second-order valence-electron chi connectivity index (χ2n) is 9.01. The van der Waals surface area contributed by atoms with Crippen LogP contribution in [-0.2, 0) is 34.3 Å². The van der Waals surface area contributed by atoms with Crippen LogP contribution in [0.5, 0.6) is 0 Å². The number of oxazole rings is 1. The van der Waals surface area contributed by atoms with Gasteiger partial charge in [-0.3, -0.25) is 13.9 Å². The van der Waals surface area contributed by atoms with Crippen molar-refractivity contribution in [2.75, 3.05) is 25.4 Å². The van der Waals surface area contributed by atoms with E-state index in [0.717, 1.165) is 30.8 Å². The molecule has 2 aromatic carbocycles. The van der Waals surface area contributed by atoms with Crippen molar-refractivity contribution in [2.45, 2.75) is 44.9 Å². The molecule has 1 aliphatic heterocycles. The van der Waals surface area contributed by atoms with Crippen molar-refractivity contribution in [3.05, 3.63) is 76.9 Å². The minimum Gasteiger partial charge on any atom is -0.441 e. The number of likely N-dealkylation sites (tertiary alicyclic amines) is 1. The number of hydrogen-bond donors (Lipinski definition) is 1. The second-order valence-corrected chi connectivity index (χ2v) is 10.5. The van der Waals surface area contributed by atoms with E-state index in [0.29, 0.717) is 30.3 Å². The lowest BCUT2D eigenvalue weighted by Crippen LogP contribution is -2.30. The molecule has 3 aromatic rings. The highest BCUT2D eigenvalue weighted by molar-refractivity contribution is 7.84. The van der Waals surface area contributed by atoms with Gasteiger partial charge in [0.05, 0.1) is 11.4 Å². The number of benzene rings is 2. The topological polar surface area (TPSA) is 75.4 Å². The van der Waals surface area contributed by atoms with Crippen LogP contribution < -0.4 is 5.32 Å². The second kappa shape index (κ2) is 12.2. The Bertz CT molecular complexity index is 1140. The Morgan fingerprint density at radius 3 is 2.46 bits per heavy atom. The largest absolute Gasteiger partial charge is 0.441 e. The summed E-state index contributed by atoms with van der Waals surface area (Å²) in [6.07, 6.45) is 4.46. The molecule has 4 rings (SSSR count). The zero-order valence-electron chi connectivity index (χ0n) is 20.1. The Morgan fingerprint density at radius 2 is 1.74 bits per heavy atom. The van der Waals surface area contributed by atoms with Crippen molar-refractivity contribution >= 4 is 16.7 Å². The fourth-order valence-electron chi connectivity index (χ4n) is 4.21. The molecular weight excluding hydrogens is 465 g/mol. The number of carbonyl (C=O) groups excluding carboxylic acids is 1. The lowest BCUT2D eigenvalue weighted by atomic mass is 10.1. The quantitative estimate of drug-likeness (QED) is 0.450. The van der Waals surface area contributed by atoms with E-state index in [1.54, 1.807) is 19.1 Å². The molecule has 0 radical (unpaired) electrons. The van der Waals surface area contributed by atoms with Gasteiger partial charge in [0.2, 0.25) is 11.8 Å². The van der Waals surface area contributed by atoms with Crippen LogP contribution in [0.15, 0.2) is 52.9 Å². The molecule has 1 fully saturated rings. The first-order valence-corrected chi connectivity index (χ1v) is 13.6. The Balaban J connectivity index is 1.25. The summed E-state index contributed by atoms with van der Waals surface area (Å²) < 4.78 is 31.3. The molecule has 35 heavy (non-hydrogen) atoms. The Labute approximate surface area is 208 Å². The Hall–Kier alpha value is -2.84. The lowest BCUT2D eigenvalue weighted by molar-refractivity contribution is -0.118. The van der Waals surface area contributed by atoms with E-state index in [-0.39, 0.29) is 23.2 Å². The molecule has 1 N–H and O–H groups in total. The molecule has 1 aliphatic rings. The highest BCUT2D eigenvalue weighted by atomic mass is 32.2. The van der Waals surface area contributed by atoms with E-state index in [9.17, 15) is 13.4 Å².